The van der Waals surface area contributed by atoms with E-state index in [1.165, 1.54) is 0 Å². The summed E-state index contributed by atoms with van der Waals surface area (Å²) in [4.78, 5) is 42.6. The molecule has 0 amide bonds. The number of nitrogens with one attached hydrogen (secondary N) is 2. The number of rotatable bonds is 12. The number of carboxylic acids is 3. The normalized spacial score (nSPS) is 17.9. The van der Waals surface area contributed by atoms with E-state index < -0.39 is 17.9 Å². The Morgan fingerprint density at radius 1 is 0.778 bits per heavy atom. The summed E-state index contributed by atoms with van der Waals surface area (Å²) in [5.41, 5.74) is 2.81. The molecule has 45 heavy (non-hydrogen) atoms. The molecule has 1 aliphatic rings. The Balaban J connectivity index is 1.70. The van der Waals surface area contributed by atoms with Crippen molar-refractivity contribution >= 4 is 40.9 Å². The van der Waals surface area contributed by atoms with Crippen molar-refractivity contribution in [3.63, 3.8) is 0 Å². The number of aliphatic carboxylic acids is 3. The van der Waals surface area contributed by atoms with E-state index >= 15 is 0 Å². The molecule has 14 heteroatoms. The summed E-state index contributed by atoms with van der Waals surface area (Å²) in [7, 11) is 1.92. The van der Waals surface area contributed by atoms with E-state index in [1.807, 2.05) is 48.3 Å². The standard InChI is InChI=1S/C31H44N6O7S/c1-34-12-14-35(20-28(39)40)15-16-36(21-29(41)42)19-26(37(17-13-34)22-30(43)44)18-24-2-6-25(7-3-24)33-31(45)32-11-10-23-4-8-27(38)9-5-23/h2-9,26,38H,10-22H2,1H3,(H,39,40)(H,41,42)(H,43,44)(H2,32,33,45). The van der Waals surface area contributed by atoms with Gasteiger partial charge in [-0.1, -0.05) is 24.3 Å². The van der Waals surface area contributed by atoms with E-state index in [4.69, 9.17) is 12.2 Å². The van der Waals surface area contributed by atoms with Gasteiger partial charge in [-0.05, 0) is 67.5 Å². The maximum Gasteiger partial charge on any atom is 0.317 e. The minimum atomic E-state index is -1.00. The van der Waals surface area contributed by atoms with E-state index in [9.17, 15) is 34.8 Å². The van der Waals surface area contributed by atoms with Gasteiger partial charge in [-0.2, -0.15) is 0 Å². The zero-order valence-electron chi connectivity index (χ0n) is 25.6. The number of thiocarbonyl (C=S) groups is 1. The highest BCUT2D eigenvalue weighted by atomic mass is 32.1. The topological polar surface area (TPSA) is 169 Å². The first-order chi connectivity index (χ1) is 21.5. The highest BCUT2D eigenvalue weighted by Gasteiger charge is 2.26. The molecular formula is C31H44N6O7S. The van der Waals surface area contributed by atoms with Gasteiger partial charge in [0.05, 0.1) is 19.6 Å². The predicted octanol–water partition coefficient (Wildman–Crippen LogP) is 0.938. The summed E-state index contributed by atoms with van der Waals surface area (Å²) in [5, 5.41) is 44.9. The van der Waals surface area contributed by atoms with Crippen molar-refractivity contribution in [3.8, 4) is 5.75 Å². The van der Waals surface area contributed by atoms with Crippen molar-refractivity contribution in [2.45, 2.75) is 18.9 Å². The third kappa shape index (κ3) is 13.8. The summed E-state index contributed by atoms with van der Waals surface area (Å²) in [6, 6.07) is 14.4. The number of likely N-dealkylation sites (N-methyl/N-ethyl adjacent to an activating group) is 1. The van der Waals surface area contributed by atoms with Crippen LogP contribution in [0.15, 0.2) is 48.5 Å². The van der Waals surface area contributed by atoms with Crippen molar-refractivity contribution < 1.29 is 34.8 Å². The molecule has 1 fully saturated rings. The second kappa shape index (κ2) is 18.2. The van der Waals surface area contributed by atoms with Gasteiger partial charge in [-0.25, -0.2) is 0 Å². The minimum absolute atomic E-state index is 0.138. The number of aromatic hydroxyl groups is 1. The van der Waals surface area contributed by atoms with E-state index in [1.54, 1.807) is 21.9 Å². The first-order valence-corrected chi connectivity index (χ1v) is 15.3. The molecule has 0 spiro atoms. The average molecular weight is 645 g/mol. The fraction of sp³-hybridized carbons (Fsp3) is 0.484. The lowest BCUT2D eigenvalue weighted by Gasteiger charge is -2.37. The Labute approximate surface area is 269 Å². The van der Waals surface area contributed by atoms with Crippen LogP contribution < -0.4 is 10.6 Å². The van der Waals surface area contributed by atoms with Crippen molar-refractivity contribution in [2.24, 2.45) is 0 Å². The Hall–Kier alpha value is -3.82. The van der Waals surface area contributed by atoms with Crippen molar-refractivity contribution in [2.75, 3.05) is 84.4 Å². The summed E-state index contributed by atoms with van der Waals surface area (Å²) >= 11 is 5.43. The van der Waals surface area contributed by atoms with Crippen LogP contribution in [0, 0.1) is 0 Å². The van der Waals surface area contributed by atoms with Gasteiger partial charge < -0.3 is 36.0 Å². The van der Waals surface area contributed by atoms with Crippen LogP contribution in [0.1, 0.15) is 11.1 Å². The number of benzene rings is 2. The van der Waals surface area contributed by atoms with Crippen LogP contribution >= 0.6 is 12.2 Å². The van der Waals surface area contributed by atoms with Gasteiger partial charge in [0.1, 0.15) is 5.75 Å². The molecule has 246 valence electrons. The maximum absolute atomic E-state index is 11.9. The van der Waals surface area contributed by atoms with Crippen LogP contribution in [0.25, 0.3) is 0 Å². The highest BCUT2D eigenvalue weighted by molar-refractivity contribution is 7.80. The van der Waals surface area contributed by atoms with E-state index in [0.29, 0.717) is 63.9 Å². The van der Waals surface area contributed by atoms with Crippen LogP contribution in [0.5, 0.6) is 5.75 Å². The summed E-state index contributed by atoms with van der Waals surface area (Å²) in [6.45, 7) is 3.20. The van der Waals surface area contributed by atoms with E-state index in [0.717, 1.165) is 23.2 Å². The monoisotopic (exact) mass is 644 g/mol. The minimum Gasteiger partial charge on any atom is -0.508 e. The molecule has 0 aromatic heterocycles. The van der Waals surface area contributed by atoms with Gasteiger partial charge in [-0.3, -0.25) is 29.1 Å². The van der Waals surface area contributed by atoms with Crippen molar-refractivity contribution in [1.29, 1.82) is 0 Å². The number of phenolic OH excluding ortho intramolecular Hbond substituents is 1. The summed E-state index contributed by atoms with van der Waals surface area (Å²) in [5.74, 6) is -2.68. The predicted molar refractivity (Wildman–Crippen MR) is 175 cm³/mol. The van der Waals surface area contributed by atoms with Gasteiger partial charge in [0, 0.05) is 64.1 Å². The fourth-order valence-corrected chi connectivity index (χ4v) is 5.44. The molecular weight excluding hydrogens is 600 g/mol. The number of phenols is 1. The third-order valence-electron chi connectivity index (χ3n) is 7.66. The molecule has 0 bridgehead atoms. The van der Waals surface area contributed by atoms with Crippen LogP contribution in [-0.4, -0.2) is 148 Å². The Bertz CT molecular complexity index is 1260. The Morgan fingerprint density at radius 2 is 1.33 bits per heavy atom. The maximum atomic E-state index is 11.9. The molecule has 1 aliphatic heterocycles. The smallest absolute Gasteiger partial charge is 0.317 e. The molecule has 2 aromatic carbocycles. The van der Waals surface area contributed by atoms with Crippen molar-refractivity contribution in [3.05, 3.63) is 59.7 Å². The van der Waals surface area contributed by atoms with Gasteiger partial charge >= 0.3 is 17.9 Å². The zero-order valence-corrected chi connectivity index (χ0v) is 26.4. The molecule has 3 rings (SSSR count). The van der Waals surface area contributed by atoms with Crippen LogP contribution in [0.4, 0.5) is 5.69 Å². The molecule has 1 heterocycles. The summed E-state index contributed by atoms with van der Waals surface area (Å²) in [6.07, 6.45) is 1.23. The SMILES string of the molecule is CN1CCN(CC(=O)O)CCN(CC(=O)O)CC(Cc2ccc(NC(=S)NCCc3ccc(O)cc3)cc2)N(CC(=O)O)CC1. The number of carboxylic acid groups (broad SMARTS) is 3. The molecule has 1 unspecified atom stereocenters. The van der Waals surface area contributed by atoms with E-state index in [2.05, 4.69) is 15.5 Å². The Kier molecular flexibility index (Phi) is 14.4. The molecule has 1 saturated heterocycles. The van der Waals surface area contributed by atoms with Crippen LogP contribution in [-0.2, 0) is 27.2 Å². The molecule has 2 aromatic rings. The lowest BCUT2D eigenvalue weighted by Crippen LogP contribution is -2.52. The molecule has 1 atom stereocenters. The van der Waals surface area contributed by atoms with E-state index in [-0.39, 0.29) is 31.4 Å². The van der Waals surface area contributed by atoms with Gasteiger partial charge in [0.15, 0.2) is 5.11 Å². The molecule has 0 radical (unpaired) electrons. The average Bonchev–Trinajstić information content (AvgIpc) is 2.97. The number of hydrogen-bond donors (Lipinski definition) is 6. The highest BCUT2D eigenvalue weighted by Crippen LogP contribution is 2.16. The molecule has 6 N–H and O–H groups in total. The largest absolute Gasteiger partial charge is 0.508 e. The number of carbonyl (C=O) groups is 3. The molecule has 0 saturated carbocycles. The second-order valence-corrected chi connectivity index (χ2v) is 11.7. The molecule has 13 nitrogen and oxygen atoms in total. The quantitative estimate of drug-likeness (QED) is 0.181. The zero-order chi connectivity index (χ0) is 32.8. The van der Waals surface area contributed by atoms with Gasteiger partial charge in [0.25, 0.3) is 0 Å². The number of hydrogen-bond acceptors (Lipinski definition) is 9. The van der Waals surface area contributed by atoms with Crippen LogP contribution in [0.3, 0.4) is 0 Å². The van der Waals surface area contributed by atoms with Crippen molar-refractivity contribution in [1.82, 2.24) is 24.9 Å². The number of nitrogens with zero attached hydrogens (tertiary/aromatic N) is 4. The first kappa shape index (κ1) is 35.7. The lowest BCUT2D eigenvalue weighted by molar-refractivity contribution is -0.141. The third-order valence-corrected chi connectivity index (χ3v) is 7.91. The molecule has 0 aliphatic carbocycles. The fourth-order valence-electron chi connectivity index (χ4n) is 5.22. The number of anilines is 1. The lowest BCUT2D eigenvalue weighted by atomic mass is 10.0. The van der Waals surface area contributed by atoms with Gasteiger partial charge in [-0.15, -0.1) is 0 Å². The summed E-state index contributed by atoms with van der Waals surface area (Å²) < 4.78 is 0. The van der Waals surface area contributed by atoms with Crippen LogP contribution in [0.2, 0.25) is 0 Å². The second-order valence-electron chi connectivity index (χ2n) is 11.3. The first-order valence-electron chi connectivity index (χ1n) is 14.9. The van der Waals surface area contributed by atoms with Gasteiger partial charge in [0.2, 0.25) is 0 Å². The Morgan fingerprint density at radius 3 is 1.98 bits per heavy atom.